The topological polar surface area (TPSA) is 54.0 Å². The van der Waals surface area contributed by atoms with E-state index in [0.717, 1.165) is 5.56 Å². The van der Waals surface area contributed by atoms with Crippen LogP contribution in [0.25, 0.3) is 0 Å². The van der Waals surface area contributed by atoms with Crippen LogP contribution in [-0.2, 0) is 22.6 Å². The van der Waals surface area contributed by atoms with E-state index in [0.29, 0.717) is 32.9 Å². The molecular formula is C18H18Cl2O5. The molecule has 25 heavy (non-hydrogen) atoms. The van der Waals surface area contributed by atoms with E-state index in [1.807, 2.05) is 0 Å². The van der Waals surface area contributed by atoms with Crippen molar-refractivity contribution in [3.63, 3.8) is 0 Å². The van der Waals surface area contributed by atoms with Crippen molar-refractivity contribution in [3.8, 4) is 17.2 Å². The third-order valence-electron chi connectivity index (χ3n) is 3.46. The van der Waals surface area contributed by atoms with Gasteiger partial charge in [-0.3, -0.25) is 4.79 Å². The van der Waals surface area contributed by atoms with Crippen molar-refractivity contribution >= 4 is 29.2 Å². The van der Waals surface area contributed by atoms with Gasteiger partial charge in [0.25, 0.3) is 0 Å². The van der Waals surface area contributed by atoms with Gasteiger partial charge in [-0.15, -0.1) is 0 Å². The first-order chi connectivity index (χ1) is 12.0. The second-order valence-corrected chi connectivity index (χ2v) is 5.93. The number of hydrogen-bond donors (Lipinski definition) is 0. The minimum absolute atomic E-state index is 0.0675. The van der Waals surface area contributed by atoms with Gasteiger partial charge in [0.1, 0.15) is 6.61 Å². The molecule has 7 heteroatoms. The van der Waals surface area contributed by atoms with Crippen molar-refractivity contribution < 1.29 is 23.7 Å². The molecule has 2 aromatic rings. The Morgan fingerprint density at radius 3 is 2.04 bits per heavy atom. The first-order valence-electron chi connectivity index (χ1n) is 7.37. The van der Waals surface area contributed by atoms with Crippen molar-refractivity contribution in [2.75, 3.05) is 21.3 Å². The van der Waals surface area contributed by atoms with E-state index < -0.39 is 0 Å². The van der Waals surface area contributed by atoms with Gasteiger partial charge in [0, 0.05) is 0 Å². The average Bonchev–Trinajstić information content (AvgIpc) is 2.61. The van der Waals surface area contributed by atoms with Gasteiger partial charge in [-0.25, -0.2) is 0 Å². The Bertz CT molecular complexity index is 736. The largest absolute Gasteiger partial charge is 0.493 e. The quantitative estimate of drug-likeness (QED) is 0.665. The molecule has 5 nitrogen and oxygen atoms in total. The summed E-state index contributed by atoms with van der Waals surface area (Å²) in [4.78, 5) is 12.1. The van der Waals surface area contributed by atoms with Gasteiger partial charge in [-0.1, -0.05) is 29.3 Å². The van der Waals surface area contributed by atoms with Gasteiger partial charge in [0.05, 0.1) is 37.8 Å². The summed E-state index contributed by atoms with van der Waals surface area (Å²) < 4.78 is 21.1. The van der Waals surface area contributed by atoms with Gasteiger partial charge in [0.15, 0.2) is 11.5 Å². The van der Waals surface area contributed by atoms with Crippen LogP contribution in [0.5, 0.6) is 17.2 Å². The summed E-state index contributed by atoms with van der Waals surface area (Å²) in [6, 6.07) is 8.49. The summed E-state index contributed by atoms with van der Waals surface area (Å²) in [5.74, 6) is 1.04. The zero-order valence-electron chi connectivity index (χ0n) is 14.1. The lowest BCUT2D eigenvalue weighted by atomic mass is 10.1. The molecule has 0 N–H and O–H groups in total. The van der Waals surface area contributed by atoms with Gasteiger partial charge < -0.3 is 18.9 Å². The van der Waals surface area contributed by atoms with Crippen LogP contribution in [0.3, 0.4) is 0 Å². The highest BCUT2D eigenvalue weighted by Gasteiger charge is 2.15. The molecule has 2 rings (SSSR count). The Balaban J connectivity index is 2.05. The van der Waals surface area contributed by atoms with Gasteiger partial charge in [-0.05, 0) is 35.4 Å². The van der Waals surface area contributed by atoms with Crippen LogP contribution in [0.15, 0.2) is 30.3 Å². The van der Waals surface area contributed by atoms with Crippen molar-refractivity contribution in [3.05, 3.63) is 51.5 Å². The highest BCUT2D eigenvalue weighted by molar-refractivity contribution is 6.42. The number of rotatable bonds is 7. The van der Waals surface area contributed by atoms with Crippen LogP contribution in [0.4, 0.5) is 0 Å². The molecule has 0 fully saturated rings. The molecule has 0 aliphatic carbocycles. The Kier molecular flexibility index (Phi) is 6.79. The molecule has 2 aromatic carbocycles. The number of carbonyl (C=O) groups is 1. The van der Waals surface area contributed by atoms with Gasteiger partial charge in [0.2, 0.25) is 5.75 Å². The maximum absolute atomic E-state index is 12.1. The maximum atomic E-state index is 12.1. The van der Waals surface area contributed by atoms with E-state index in [1.165, 1.54) is 21.3 Å². The monoisotopic (exact) mass is 384 g/mol. The predicted molar refractivity (Wildman–Crippen MR) is 96.1 cm³/mol. The lowest BCUT2D eigenvalue weighted by molar-refractivity contribution is -0.144. The predicted octanol–water partition coefficient (Wildman–Crippen LogP) is 4.31. The van der Waals surface area contributed by atoms with E-state index in [4.69, 9.17) is 42.1 Å². The average molecular weight is 385 g/mol. The zero-order chi connectivity index (χ0) is 18.4. The molecule has 0 amide bonds. The molecule has 0 unspecified atom stereocenters. The molecule has 0 aliphatic rings. The molecular weight excluding hydrogens is 367 g/mol. The third kappa shape index (κ3) is 4.94. The second-order valence-electron chi connectivity index (χ2n) is 5.12. The fourth-order valence-corrected chi connectivity index (χ4v) is 2.57. The number of methoxy groups -OCH3 is 3. The molecule has 134 valence electrons. The van der Waals surface area contributed by atoms with Crippen LogP contribution in [0.2, 0.25) is 10.0 Å². The van der Waals surface area contributed by atoms with E-state index >= 15 is 0 Å². The molecule has 0 aliphatic heterocycles. The Morgan fingerprint density at radius 1 is 0.880 bits per heavy atom. The molecule has 0 radical (unpaired) electrons. The number of halogens is 2. The fraction of sp³-hybridized carbons (Fsp3) is 0.278. The van der Waals surface area contributed by atoms with Gasteiger partial charge in [-0.2, -0.15) is 0 Å². The van der Waals surface area contributed by atoms with Crippen LogP contribution < -0.4 is 14.2 Å². The molecule has 0 saturated heterocycles. The lowest BCUT2D eigenvalue weighted by Gasteiger charge is -2.14. The van der Waals surface area contributed by atoms with Crippen molar-refractivity contribution in [2.45, 2.75) is 13.0 Å². The van der Waals surface area contributed by atoms with Crippen LogP contribution in [-0.4, -0.2) is 27.3 Å². The zero-order valence-corrected chi connectivity index (χ0v) is 15.6. The van der Waals surface area contributed by atoms with Crippen molar-refractivity contribution in [2.24, 2.45) is 0 Å². The highest BCUT2D eigenvalue weighted by Crippen LogP contribution is 2.38. The molecule has 0 heterocycles. The number of esters is 1. The van der Waals surface area contributed by atoms with Crippen molar-refractivity contribution in [1.82, 2.24) is 0 Å². The number of hydrogen-bond acceptors (Lipinski definition) is 5. The Labute approximate surface area is 156 Å². The fourth-order valence-electron chi connectivity index (χ4n) is 2.25. The minimum Gasteiger partial charge on any atom is -0.493 e. The normalized spacial score (nSPS) is 10.3. The summed E-state index contributed by atoms with van der Waals surface area (Å²) in [5, 5.41) is 0.869. The molecule has 0 spiro atoms. The highest BCUT2D eigenvalue weighted by atomic mass is 35.5. The lowest BCUT2D eigenvalue weighted by Crippen LogP contribution is -2.08. The smallest absolute Gasteiger partial charge is 0.310 e. The summed E-state index contributed by atoms with van der Waals surface area (Å²) in [6.45, 7) is 0.111. The minimum atomic E-state index is -0.389. The van der Waals surface area contributed by atoms with Gasteiger partial charge >= 0.3 is 5.97 Å². The number of ether oxygens (including phenoxy) is 4. The second kappa shape index (κ2) is 8.83. The van der Waals surface area contributed by atoms with Crippen molar-refractivity contribution in [1.29, 1.82) is 0 Å². The SMILES string of the molecule is COc1cc(CC(=O)OCc2ccc(Cl)c(Cl)c2)cc(OC)c1OC. The summed E-state index contributed by atoms with van der Waals surface area (Å²) in [5.41, 5.74) is 1.45. The summed E-state index contributed by atoms with van der Waals surface area (Å²) in [6.07, 6.45) is 0.0675. The van der Waals surface area contributed by atoms with Crippen LogP contribution in [0, 0.1) is 0 Å². The first kappa shape index (κ1) is 19.2. The van der Waals surface area contributed by atoms with Crippen LogP contribution >= 0.6 is 23.2 Å². The van der Waals surface area contributed by atoms with E-state index in [-0.39, 0.29) is 19.0 Å². The summed E-state index contributed by atoms with van der Waals surface area (Å²) >= 11 is 11.8. The Hall–Kier alpha value is -2.11. The molecule has 0 saturated carbocycles. The Morgan fingerprint density at radius 2 is 1.52 bits per heavy atom. The number of carbonyl (C=O) groups excluding carboxylic acids is 1. The van der Waals surface area contributed by atoms with E-state index in [9.17, 15) is 4.79 Å². The summed E-state index contributed by atoms with van der Waals surface area (Å²) in [7, 11) is 4.55. The molecule has 0 atom stereocenters. The van der Waals surface area contributed by atoms with E-state index in [1.54, 1.807) is 30.3 Å². The van der Waals surface area contributed by atoms with Crippen LogP contribution in [0.1, 0.15) is 11.1 Å². The van der Waals surface area contributed by atoms with E-state index in [2.05, 4.69) is 0 Å². The molecule has 0 bridgehead atoms. The first-order valence-corrected chi connectivity index (χ1v) is 8.12. The third-order valence-corrected chi connectivity index (χ3v) is 4.20. The standard InChI is InChI=1S/C18H18Cl2O5/c1-22-15-7-12(8-16(23-2)18(15)24-3)9-17(21)25-10-11-4-5-13(19)14(20)6-11/h4-8H,9-10H2,1-3H3. The molecule has 0 aromatic heterocycles. The number of benzene rings is 2. The maximum Gasteiger partial charge on any atom is 0.310 e.